The molecule has 2 aliphatic rings. The smallest absolute Gasteiger partial charge is 0.261 e. The standard InChI is InChI=1S/C17H24N2O2/c1-10-7-12-9-16(21-15(12)8-11(10)2)17(20)19-14-6-4-3-5-13(14)18/h7-8,13-14,16H,3-6,9,18H2,1-2H3,(H,19,20)/t13-,14-,16-/m1/s1. The Kier molecular flexibility index (Phi) is 3.89. The number of ether oxygens (including phenoxy) is 1. The van der Waals surface area contributed by atoms with E-state index in [1.807, 2.05) is 6.07 Å². The van der Waals surface area contributed by atoms with E-state index in [2.05, 4.69) is 25.2 Å². The molecular formula is C17H24N2O2. The molecule has 1 fully saturated rings. The lowest BCUT2D eigenvalue weighted by Crippen LogP contribution is -2.52. The summed E-state index contributed by atoms with van der Waals surface area (Å²) in [7, 11) is 0. The molecule has 1 amide bonds. The summed E-state index contributed by atoms with van der Waals surface area (Å²) >= 11 is 0. The molecule has 3 atom stereocenters. The molecule has 0 aromatic heterocycles. The zero-order valence-electron chi connectivity index (χ0n) is 12.8. The van der Waals surface area contributed by atoms with Crippen molar-refractivity contribution in [1.82, 2.24) is 5.32 Å². The fraction of sp³-hybridized carbons (Fsp3) is 0.588. The second-order valence-corrected chi connectivity index (χ2v) is 6.42. The van der Waals surface area contributed by atoms with Gasteiger partial charge in [0.15, 0.2) is 6.10 Å². The van der Waals surface area contributed by atoms with Crippen LogP contribution in [0.4, 0.5) is 0 Å². The van der Waals surface area contributed by atoms with Gasteiger partial charge in [0, 0.05) is 18.5 Å². The van der Waals surface area contributed by atoms with Crippen molar-refractivity contribution in [3.05, 3.63) is 28.8 Å². The van der Waals surface area contributed by atoms with Gasteiger partial charge < -0.3 is 15.8 Å². The molecular weight excluding hydrogens is 264 g/mol. The van der Waals surface area contributed by atoms with Crippen LogP contribution in [0, 0.1) is 13.8 Å². The molecule has 1 heterocycles. The predicted molar refractivity (Wildman–Crippen MR) is 82.4 cm³/mol. The van der Waals surface area contributed by atoms with Gasteiger partial charge in [0.25, 0.3) is 5.91 Å². The molecule has 1 saturated carbocycles. The monoisotopic (exact) mass is 288 g/mol. The van der Waals surface area contributed by atoms with Gasteiger partial charge in [-0.15, -0.1) is 0 Å². The fourth-order valence-electron chi connectivity index (χ4n) is 3.27. The van der Waals surface area contributed by atoms with Gasteiger partial charge in [-0.05, 0) is 49.4 Å². The van der Waals surface area contributed by atoms with E-state index in [1.54, 1.807) is 0 Å². The number of amides is 1. The van der Waals surface area contributed by atoms with Crippen molar-refractivity contribution in [3.8, 4) is 5.75 Å². The highest BCUT2D eigenvalue weighted by atomic mass is 16.5. The predicted octanol–water partition coefficient (Wildman–Crippen LogP) is 1.99. The summed E-state index contributed by atoms with van der Waals surface area (Å²) in [5, 5.41) is 3.09. The lowest BCUT2D eigenvalue weighted by atomic mass is 9.91. The highest BCUT2D eigenvalue weighted by Crippen LogP contribution is 2.31. The first-order valence-corrected chi connectivity index (χ1v) is 7.87. The Morgan fingerprint density at radius 1 is 1.24 bits per heavy atom. The minimum Gasteiger partial charge on any atom is -0.480 e. The van der Waals surface area contributed by atoms with E-state index < -0.39 is 6.10 Å². The van der Waals surface area contributed by atoms with Gasteiger partial charge in [0.2, 0.25) is 0 Å². The summed E-state index contributed by atoms with van der Waals surface area (Å²) in [5.74, 6) is 0.829. The SMILES string of the molecule is Cc1cc2c(cc1C)O[C@@H](C(=O)N[C@@H]1CCCC[C@H]1N)C2. The van der Waals surface area contributed by atoms with Crippen LogP contribution in [-0.2, 0) is 11.2 Å². The van der Waals surface area contributed by atoms with Crippen molar-refractivity contribution in [2.24, 2.45) is 5.73 Å². The van der Waals surface area contributed by atoms with Crippen LogP contribution < -0.4 is 15.8 Å². The quantitative estimate of drug-likeness (QED) is 0.875. The van der Waals surface area contributed by atoms with E-state index in [0.717, 1.165) is 37.0 Å². The summed E-state index contributed by atoms with van der Waals surface area (Å²) in [6.45, 7) is 4.15. The molecule has 21 heavy (non-hydrogen) atoms. The summed E-state index contributed by atoms with van der Waals surface area (Å²) in [4.78, 5) is 12.4. The number of nitrogens with two attached hydrogens (primary N) is 1. The lowest BCUT2D eigenvalue weighted by Gasteiger charge is -2.30. The highest BCUT2D eigenvalue weighted by molar-refractivity contribution is 5.83. The Hall–Kier alpha value is -1.55. The van der Waals surface area contributed by atoms with Crippen molar-refractivity contribution in [2.45, 2.75) is 64.1 Å². The Morgan fingerprint density at radius 3 is 2.71 bits per heavy atom. The summed E-state index contributed by atoms with van der Waals surface area (Å²) in [6, 6.07) is 4.34. The lowest BCUT2D eigenvalue weighted by molar-refractivity contribution is -0.128. The van der Waals surface area contributed by atoms with Crippen LogP contribution in [0.2, 0.25) is 0 Å². The first-order valence-electron chi connectivity index (χ1n) is 7.87. The first-order chi connectivity index (χ1) is 10.0. The Balaban J connectivity index is 1.65. The second-order valence-electron chi connectivity index (χ2n) is 6.42. The molecule has 4 nitrogen and oxygen atoms in total. The molecule has 4 heteroatoms. The number of aryl methyl sites for hydroxylation is 2. The average Bonchev–Trinajstić information content (AvgIpc) is 2.85. The van der Waals surface area contributed by atoms with Crippen molar-refractivity contribution in [1.29, 1.82) is 0 Å². The van der Waals surface area contributed by atoms with Gasteiger partial charge in [-0.1, -0.05) is 18.9 Å². The summed E-state index contributed by atoms with van der Waals surface area (Å²) in [6.07, 6.45) is 4.53. The minimum atomic E-state index is -0.407. The van der Waals surface area contributed by atoms with Crippen LogP contribution in [0.1, 0.15) is 42.4 Å². The summed E-state index contributed by atoms with van der Waals surface area (Å²) in [5.41, 5.74) is 9.67. The molecule has 1 aromatic carbocycles. The van der Waals surface area contributed by atoms with Crippen LogP contribution in [0.15, 0.2) is 12.1 Å². The first kappa shape index (κ1) is 14.4. The van der Waals surface area contributed by atoms with Crippen molar-refractivity contribution in [2.75, 3.05) is 0 Å². The van der Waals surface area contributed by atoms with Crippen LogP contribution in [0.5, 0.6) is 5.75 Å². The molecule has 0 unspecified atom stereocenters. The van der Waals surface area contributed by atoms with Gasteiger partial charge in [-0.25, -0.2) is 0 Å². The summed E-state index contributed by atoms with van der Waals surface area (Å²) < 4.78 is 5.83. The number of nitrogens with one attached hydrogen (secondary N) is 1. The molecule has 0 bridgehead atoms. The second kappa shape index (κ2) is 5.68. The van der Waals surface area contributed by atoms with E-state index in [9.17, 15) is 4.79 Å². The van der Waals surface area contributed by atoms with Gasteiger partial charge in [0.05, 0.1) is 0 Å². The fourth-order valence-corrected chi connectivity index (χ4v) is 3.27. The van der Waals surface area contributed by atoms with E-state index in [4.69, 9.17) is 10.5 Å². The maximum atomic E-state index is 12.4. The Morgan fingerprint density at radius 2 is 1.95 bits per heavy atom. The molecule has 3 rings (SSSR count). The van der Waals surface area contributed by atoms with E-state index in [1.165, 1.54) is 11.1 Å². The number of hydrogen-bond acceptors (Lipinski definition) is 3. The normalized spacial score (nSPS) is 27.9. The molecule has 3 N–H and O–H groups in total. The number of benzene rings is 1. The van der Waals surface area contributed by atoms with Crippen molar-refractivity contribution in [3.63, 3.8) is 0 Å². The van der Waals surface area contributed by atoms with Crippen LogP contribution in [0.25, 0.3) is 0 Å². The van der Waals surface area contributed by atoms with Gasteiger partial charge in [0.1, 0.15) is 5.75 Å². The minimum absolute atomic E-state index is 0.0242. The molecule has 1 aliphatic carbocycles. The molecule has 1 aliphatic heterocycles. The molecule has 0 saturated heterocycles. The number of fused-ring (bicyclic) bond motifs is 1. The Labute approximate surface area is 126 Å². The zero-order valence-corrected chi connectivity index (χ0v) is 12.8. The van der Waals surface area contributed by atoms with Gasteiger partial charge in [-0.3, -0.25) is 4.79 Å². The third kappa shape index (κ3) is 2.91. The van der Waals surface area contributed by atoms with Crippen molar-refractivity contribution >= 4 is 5.91 Å². The van der Waals surface area contributed by atoms with Gasteiger partial charge in [-0.2, -0.15) is 0 Å². The van der Waals surface area contributed by atoms with Crippen molar-refractivity contribution < 1.29 is 9.53 Å². The number of hydrogen-bond donors (Lipinski definition) is 2. The van der Waals surface area contributed by atoms with Gasteiger partial charge >= 0.3 is 0 Å². The van der Waals surface area contributed by atoms with E-state index in [-0.39, 0.29) is 18.0 Å². The van der Waals surface area contributed by atoms with Crippen LogP contribution in [-0.4, -0.2) is 24.1 Å². The zero-order chi connectivity index (χ0) is 15.0. The molecule has 1 aromatic rings. The molecule has 0 spiro atoms. The third-order valence-electron chi connectivity index (χ3n) is 4.79. The van der Waals surface area contributed by atoms with E-state index >= 15 is 0 Å². The van der Waals surface area contributed by atoms with Crippen LogP contribution >= 0.6 is 0 Å². The average molecular weight is 288 g/mol. The maximum Gasteiger partial charge on any atom is 0.261 e. The highest BCUT2D eigenvalue weighted by Gasteiger charge is 2.32. The maximum absolute atomic E-state index is 12.4. The largest absolute Gasteiger partial charge is 0.480 e. The molecule has 0 radical (unpaired) electrons. The number of rotatable bonds is 2. The third-order valence-corrected chi connectivity index (χ3v) is 4.79. The topological polar surface area (TPSA) is 64.3 Å². The van der Waals surface area contributed by atoms with Crippen LogP contribution in [0.3, 0.4) is 0 Å². The molecule has 114 valence electrons. The number of carbonyl (C=O) groups excluding carboxylic acids is 1. The number of carbonyl (C=O) groups is 1. The Bertz CT molecular complexity index is 525. The van der Waals surface area contributed by atoms with E-state index in [0.29, 0.717) is 6.42 Å².